The zero-order valence-corrected chi connectivity index (χ0v) is 28.5. The van der Waals surface area contributed by atoms with Crippen LogP contribution < -0.4 is 37.0 Å². The summed E-state index contributed by atoms with van der Waals surface area (Å²) in [4.78, 5) is 97.0. The van der Waals surface area contributed by atoms with E-state index >= 15 is 0 Å². The first-order chi connectivity index (χ1) is 22.6. The Morgan fingerprint density at radius 3 is 1.42 bits per heavy atom. The number of nitrogens with one attached hydrogen (secondary N) is 7. The van der Waals surface area contributed by atoms with Gasteiger partial charge in [-0.1, -0.05) is 33.6 Å². The van der Waals surface area contributed by atoms with E-state index in [1.165, 1.54) is 0 Å². The number of carbonyl (C=O) groups excluding carboxylic acids is 8. The lowest BCUT2D eigenvalue weighted by molar-refractivity contribution is -0.132. The van der Waals surface area contributed by atoms with E-state index in [2.05, 4.69) is 26.5 Å². The number of Topliss-reactive ketones (excluding diaryl/α,β-unsaturated/α-hetero) is 1. The first kappa shape index (κ1) is 44.2. The molecule has 15 nitrogen and oxygen atoms in total. The molecule has 0 aliphatic carbocycles. The topological polar surface area (TPSA) is 221 Å². The van der Waals surface area contributed by atoms with E-state index in [-0.39, 0.29) is 56.9 Å². The maximum atomic E-state index is 12.9. The summed E-state index contributed by atoms with van der Waals surface area (Å²) < 4.78 is 0. The van der Waals surface area contributed by atoms with Crippen molar-refractivity contribution in [2.75, 3.05) is 13.1 Å². The van der Waals surface area contributed by atoms with Crippen molar-refractivity contribution in [1.29, 1.82) is 0 Å². The molecule has 7 N–H and O–H groups in total. The summed E-state index contributed by atoms with van der Waals surface area (Å²) in [5.41, 5.74) is -0.455. The molecule has 0 aromatic carbocycles. The molecule has 0 aromatic rings. The number of rotatable bonds is 25. The highest BCUT2D eigenvalue weighted by Gasteiger charge is 2.25. The molecular formula is C30H50B3N7O8. The molecule has 18 heteroatoms. The highest BCUT2D eigenvalue weighted by molar-refractivity contribution is 6.17. The van der Waals surface area contributed by atoms with E-state index in [0.717, 1.165) is 0 Å². The normalized spacial score (nSPS) is 12.1. The van der Waals surface area contributed by atoms with Crippen LogP contribution in [0.3, 0.4) is 0 Å². The van der Waals surface area contributed by atoms with Crippen LogP contribution in [-0.2, 0) is 38.4 Å². The van der Waals surface area contributed by atoms with E-state index in [1.807, 2.05) is 31.2 Å². The summed E-state index contributed by atoms with van der Waals surface area (Å²) in [6.07, 6.45) is 4.40. The van der Waals surface area contributed by atoms with E-state index in [4.69, 9.17) is 23.9 Å². The van der Waals surface area contributed by atoms with Crippen LogP contribution in [0.25, 0.3) is 0 Å². The van der Waals surface area contributed by atoms with Crippen LogP contribution in [-0.4, -0.2) is 96.3 Å². The molecule has 262 valence electrons. The van der Waals surface area contributed by atoms with Crippen molar-refractivity contribution in [2.24, 2.45) is 5.41 Å². The maximum absolute atomic E-state index is 12.9. The van der Waals surface area contributed by atoms with Crippen molar-refractivity contribution in [1.82, 2.24) is 37.0 Å². The molecule has 2 atom stereocenters. The van der Waals surface area contributed by atoms with Gasteiger partial charge in [-0.05, 0) is 38.5 Å². The molecule has 0 heterocycles. The molecule has 0 saturated heterocycles. The Bertz CT molecular complexity index is 1090. The molecule has 0 saturated carbocycles. The van der Waals surface area contributed by atoms with Gasteiger partial charge in [0.15, 0.2) is 0 Å². The molecule has 0 aliphatic rings. The van der Waals surface area contributed by atoms with Gasteiger partial charge in [0.05, 0.1) is 12.8 Å². The van der Waals surface area contributed by atoms with Crippen molar-refractivity contribution in [3.8, 4) is 0 Å². The summed E-state index contributed by atoms with van der Waals surface area (Å²) in [5.74, 6) is -3.44. The number of unbranched alkanes of at least 4 members (excludes halogenated alkanes) is 5. The van der Waals surface area contributed by atoms with Crippen LogP contribution in [0.4, 0.5) is 0 Å². The Hall–Kier alpha value is -3.85. The van der Waals surface area contributed by atoms with Crippen LogP contribution in [0.5, 0.6) is 0 Å². The molecular weight excluding hydrogens is 619 g/mol. The Morgan fingerprint density at radius 2 is 0.917 bits per heavy atom. The van der Waals surface area contributed by atoms with E-state index in [1.54, 1.807) is 0 Å². The summed E-state index contributed by atoms with van der Waals surface area (Å²) >= 11 is 0. The fourth-order valence-corrected chi connectivity index (χ4v) is 4.31. The molecule has 0 bridgehead atoms. The minimum Gasteiger partial charge on any atom is -0.409 e. The fraction of sp³-hybridized carbons (Fsp3) is 0.733. The summed E-state index contributed by atoms with van der Waals surface area (Å²) in [5, 5.41) is 16.3. The first-order valence-electron chi connectivity index (χ1n) is 16.3. The van der Waals surface area contributed by atoms with Crippen molar-refractivity contribution in [2.45, 2.75) is 123 Å². The Morgan fingerprint density at radius 1 is 0.479 bits per heavy atom. The quantitative estimate of drug-likeness (QED) is 0.0465. The third-order valence-corrected chi connectivity index (χ3v) is 7.22. The number of amides is 7. The third-order valence-electron chi connectivity index (χ3n) is 7.22. The molecule has 7 amide bonds. The lowest BCUT2D eigenvalue weighted by atomic mass is 9.88. The van der Waals surface area contributed by atoms with Crippen molar-refractivity contribution < 1.29 is 38.4 Å². The van der Waals surface area contributed by atoms with Crippen molar-refractivity contribution in [3.05, 3.63) is 0 Å². The summed E-state index contributed by atoms with van der Waals surface area (Å²) in [7, 11) is 15.2. The van der Waals surface area contributed by atoms with Gasteiger partial charge in [-0.25, -0.2) is 0 Å². The standard InChI is InChI=1S/C30H50B3N7O8/c1-30(2,3)22(41)12-8-9-14-24(43)36-20(28(47)35-17-11-5-7-15-25(44)38-31)18-26(45)34-16-10-4-6-13-23(42)37-21(29(48)40-33)19-27(46)39-32/h20-21H,4-19H2,1-3H3,(H,34,45)(H,35,47)(H,36,43)(H,37,42)(H,38,44)(H,39,46)(H,40,48)/t20-,21-/m0/s1. The third kappa shape index (κ3) is 21.9. The summed E-state index contributed by atoms with van der Waals surface area (Å²) in [6.45, 7) is 6.06. The molecule has 0 fully saturated rings. The van der Waals surface area contributed by atoms with Gasteiger partial charge in [-0.2, -0.15) is 0 Å². The molecule has 6 radical (unpaired) electrons. The zero-order chi connectivity index (χ0) is 36.5. The Labute approximate surface area is 287 Å². The number of carbonyl (C=O) groups is 8. The molecule has 0 spiro atoms. The van der Waals surface area contributed by atoms with Crippen molar-refractivity contribution >= 4 is 71.1 Å². The van der Waals surface area contributed by atoms with Gasteiger partial charge < -0.3 is 37.0 Å². The van der Waals surface area contributed by atoms with Crippen LogP contribution in [0.2, 0.25) is 0 Å². The number of hydrogen-bond acceptors (Lipinski definition) is 8. The molecule has 0 unspecified atom stereocenters. The number of ketones is 1. The minimum atomic E-state index is -1.18. The van der Waals surface area contributed by atoms with E-state index in [9.17, 15) is 38.4 Å². The molecule has 48 heavy (non-hydrogen) atoms. The van der Waals surface area contributed by atoms with Crippen LogP contribution in [0.1, 0.15) is 111 Å². The largest absolute Gasteiger partial charge is 0.409 e. The highest BCUT2D eigenvalue weighted by Crippen LogP contribution is 2.18. The van der Waals surface area contributed by atoms with Gasteiger partial charge in [-0.3, -0.25) is 38.4 Å². The monoisotopic (exact) mass is 669 g/mol. The second-order valence-corrected chi connectivity index (χ2v) is 12.4. The van der Waals surface area contributed by atoms with Gasteiger partial charge in [0.2, 0.25) is 65.3 Å². The summed E-state index contributed by atoms with van der Waals surface area (Å²) in [6, 6.07) is -2.29. The second-order valence-electron chi connectivity index (χ2n) is 12.4. The maximum Gasteiger partial charge on any atom is 0.243 e. The fourth-order valence-electron chi connectivity index (χ4n) is 4.31. The van der Waals surface area contributed by atoms with Crippen LogP contribution in [0, 0.1) is 5.41 Å². The van der Waals surface area contributed by atoms with Gasteiger partial charge in [0.25, 0.3) is 0 Å². The lowest BCUT2D eigenvalue weighted by Gasteiger charge is -2.19. The zero-order valence-electron chi connectivity index (χ0n) is 28.5. The average molecular weight is 669 g/mol. The average Bonchev–Trinajstić information content (AvgIpc) is 3.04. The highest BCUT2D eigenvalue weighted by atomic mass is 16.2. The van der Waals surface area contributed by atoms with Gasteiger partial charge in [0.1, 0.15) is 17.9 Å². The first-order valence-corrected chi connectivity index (χ1v) is 16.3. The molecule has 0 aromatic heterocycles. The second kappa shape index (κ2) is 25.2. The Kier molecular flexibility index (Phi) is 23.2. The minimum absolute atomic E-state index is 0.0609. The van der Waals surface area contributed by atoms with E-state index < -0.39 is 52.9 Å². The van der Waals surface area contributed by atoms with Gasteiger partial charge >= 0.3 is 0 Å². The smallest absolute Gasteiger partial charge is 0.243 e. The Balaban J connectivity index is 4.78. The molecule has 0 aliphatic heterocycles. The molecule has 0 rings (SSSR count). The van der Waals surface area contributed by atoms with Crippen LogP contribution in [0.15, 0.2) is 0 Å². The number of hydrogen-bond donors (Lipinski definition) is 7. The van der Waals surface area contributed by atoms with Crippen molar-refractivity contribution in [3.63, 3.8) is 0 Å². The predicted molar refractivity (Wildman–Crippen MR) is 181 cm³/mol. The predicted octanol–water partition coefficient (Wildman–Crippen LogP) is -1.14. The van der Waals surface area contributed by atoms with Crippen LogP contribution >= 0.6 is 0 Å². The lowest BCUT2D eigenvalue weighted by Crippen LogP contribution is -2.49. The SMILES string of the molecule is [B]NC(=O)CCCCCNC(=O)[C@H](CC(=O)NCCCCCC(=O)N[C@@H](CC(=O)N[B])C(=O)N[B])NC(=O)CCCCC(=O)C(C)(C)C. The van der Waals surface area contributed by atoms with Gasteiger partial charge in [-0.15, -0.1) is 0 Å². The van der Waals surface area contributed by atoms with Gasteiger partial charge in [0, 0.05) is 44.2 Å². The van der Waals surface area contributed by atoms with E-state index in [0.29, 0.717) is 57.8 Å².